The molecule has 2 heterocycles. The van der Waals surface area contributed by atoms with E-state index in [1.165, 1.54) is 0 Å². The maximum atomic E-state index is 5.77. The van der Waals surface area contributed by atoms with Crippen molar-refractivity contribution in [3.8, 4) is 5.75 Å². The molecule has 94 valence electrons. The number of aryl methyl sites for hydroxylation is 2. The summed E-state index contributed by atoms with van der Waals surface area (Å²) in [6, 6.07) is 9.82. The van der Waals surface area contributed by atoms with Crippen LogP contribution in [0.15, 0.2) is 30.3 Å². The molecule has 0 saturated heterocycles. The van der Waals surface area contributed by atoms with Crippen LogP contribution in [0.2, 0.25) is 0 Å². The molecule has 0 amide bonds. The number of halogens is 1. The van der Waals surface area contributed by atoms with E-state index in [-0.39, 0.29) is 0 Å². The van der Waals surface area contributed by atoms with Gasteiger partial charge in [0.15, 0.2) is 0 Å². The summed E-state index contributed by atoms with van der Waals surface area (Å²) < 4.78 is 5.77. The van der Waals surface area contributed by atoms with Crippen LogP contribution < -0.4 is 4.74 Å². The summed E-state index contributed by atoms with van der Waals surface area (Å²) in [6.45, 7) is 4.41. The molecule has 0 aliphatic rings. The molecule has 2 rings (SSSR count). The van der Waals surface area contributed by atoms with E-state index in [2.05, 4.69) is 25.9 Å². The van der Waals surface area contributed by atoms with E-state index < -0.39 is 0 Å². The highest BCUT2D eigenvalue weighted by Crippen LogP contribution is 2.20. The van der Waals surface area contributed by atoms with Crippen LogP contribution in [0.5, 0.6) is 5.75 Å². The predicted octanol–water partition coefficient (Wildman–Crippen LogP) is 3.57. The van der Waals surface area contributed by atoms with E-state index in [9.17, 15) is 0 Å². The minimum atomic E-state index is 0.465. The van der Waals surface area contributed by atoms with Gasteiger partial charge in [0, 0.05) is 16.7 Å². The molecule has 0 saturated carbocycles. The Morgan fingerprint density at radius 3 is 2.56 bits per heavy atom. The number of hydrogen-bond acceptors (Lipinski definition) is 3. The van der Waals surface area contributed by atoms with Gasteiger partial charge in [0.2, 0.25) is 0 Å². The number of aromatic nitrogens is 2. The largest absolute Gasteiger partial charge is 0.485 e. The van der Waals surface area contributed by atoms with Crippen molar-refractivity contribution in [1.82, 2.24) is 9.97 Å². The molecular weight excluding hydrogens is 292 g/mol. The molecule has 0 unspecified atom stereocenters. The Morgan fingerprint density at radius 1 is 1.06 bits per heavy atom. The van der Waals surface area contributed by atoms with Gasteiger partial charge in [0.05, 0.1) is 11.4 Å². The van der Waals surface area contributed by atoms with Crippen LogP contribution in [0.25, 0.3) is 0 Å². The van der Waals surface area contributed by atoms with Gasteiger partial charge in [0.25, 0.3) is 0 Å². The van der Waals surface area contributed by atoms with Crippen LogP contribution in [-0.4, -0.2) is 9.97 Å². The fourth-order valence-electron chi connectivity index (χ4n) is 1.66. The lowest BCUT2D eigenvalue weighted by molar-refractivity contribution is 0.297. The summed E-state index contributed by atoms with van der Waals surface area (Å²) in [4.78, 5) is 8.83. The normalized spacial score (nSPS) is 10.4. The predicted molar refractivity (Wildman–Crippen MR) is 74.9 cm³/mol. The van der Waals surface area contributed by atoms with Gasteiger partial charge in [-0.3, -0.25) is 9.97 Å². The van der Waals surface area contributed by atoms with Gasteiger partial charge in [-0.1, -0.05) is 22.0 Å². The van der Waals surface area contributed by atoms with Crippen LogP contribution >= 0.6 is 15.9 Å². The highest BCUT2D eigenvalue weighted by Gasteiger charge is 2.05. The molecule has 3 nitrogen and oxygen atoms in total. The molecule has 0 fully saturated rings. The van der Waals surface area contributed by atoms with Gasteiger partial charge in [-0.15, -0.1) is 0 Å². The number of hydrogen-bond donors (Lipinski definition) is 0. The summed E-state index contributed by atoms with van der Waals surface area (Å²) in [7, 11) is 0. The van der Waals surface area contributed by atoms with Crippen molar-refractivity contribution in [1.29, 1.82) is 0 Å². The first-order chi connectivity index (χ1) is 8.69. The Labute approximate surface area is 115 Å². The van der Waals surface area contributed by atoms with Crippen LogP contribution in [0, 0.1) is 13.8 Å². The van der Waals surface area contributed by atoms with Gasteiger partial charge < -0.3 is 4.74 Å². The second kappa shape index (κ2) is 5.96. The molecule has 0 N–H and O–H groups in total. The second-order valence-corrected chi connectivity index (χ2v) is 4.65. The lowest BCUT2D eigenvalue weighted by Crippen LogP contribution is -2.02. The Kier molecular flexibility index (Phi) is 4.31. The van der Waals surface area contributed by atoms with Gasteiger partial charge >= 0.3 is 0 Å². The minimum Gasteiger partial charge on any atom is -0.485 e. The van der Waals surface area contributed by atoms with Gasteiger partial charge in [0.1, 0.15) is 12.4 Å². The van der Waals surface area contributed by atoms with Crippen molar-refractivity contribution in [3.63, 3.8) is 0 Å². The van der Waals surface area contributed by atoms with E-state index in [4.69, 9.17) is 4.74 Å². The summed E-state index contributed by atoms with van der Waals surface area (Å²) in [6.07, 6.45) is 0. The van der Waals surface area contributed by atoms with Crippen molar-refractivity contribution in [2.75, 3.05) is 0 Å². The molecule has 2 aromatic heterocycles. The minimum absolute atomic E-state index is 0.465. The highest BCUT2D eigenvalue weighted by molar-refractivity contribution is 9.08. The summed E-state index contributed by atoms with van der Waals surface area (Å²) in [5, 5.41) is 0.686. The van der Waals surface area contributed by atoms with Crippen LogP contribution in [0.4, 0.5) is 0 Å². The Hall–Kier alpha value is -1.42. The van der Waals surface area contributed by atoms with E-state index in [1.807, 2.05) is 44.2 Å². The number of pyridine rings is 2. The molecule has 4 heteroatoms. The zero-order chi connectivity index (χ0) is 13.0. The third-order valence-corrected chi connectivity index (χ3v) is 3.05. The monoisotopic (exact) mass is 306 g/mol. The lowest BCUT2D eigenvalue weighted by Gasteiger charge is -2.10. The average molecular weight is 307 g/mol. The third kappa shape index (κ3) is 3.29. The van der Waals surface area contributed by atoms with E-state index in [1.54, 1.807) is 0 Å². The Balaban J connectivity index is 2.10. The third-order valence-electron chi connectivity index (χ3n) is 2.52. The van der Waals surface area contributed by atoms with Gasteiger partial charge in [-0.25, -0.2) is 0 Å². The summed E-state index contributed by atoms with van der Waals surface area (Å²) >= 11 is 3.42. The Bertz CT molecular complexity index is 543. The quantitative estimate of drug-likeness (QED) is 0.810. The fraction of sp³-hybridized carbons (Fsp3) is 0.286. The molecule has 0 atom stereocenters. The molecule has 0 spiro atoms. The number of rotatable bonds is 4. The lowest BCUT2D eigenvalue weighted by atomic mass is 10.3. The van der Waals surface area contributed by atoms with E-state index >= 15 is 0 Å². The zero-order valence-electron chi connectivity index (χ0n) is 10.5. The summed E-state index contributed by atoms with van der Waals surface area (Å²) in [5.74, 6) is 0.806. The molecule has 18 heavy (non-hydrogen) atoms. The fourth-order valence-corrected chi connectivity index (χ4v) is 2.06. The molecule has 0 aromatic carbocycles. The standard InChI is InChI=1S/C14H15BrN2O/c1-10-4-3-5-12(16-10)9-18-14-7-6-11(2)17-13(14)8-15/h3-7H,8-9H2,1-2H3. The number of nitrogens with zero attached hydrogens (tertiary/aromatic N) is 2. The van der Waals surface area contributed by atoms with Crippen LogP contribution in [0.3, 0.4) is 0 Å². The van der Waals surface area contributed by atoms with Gasteiger partial charge in [-0.05, 0) is 38.1 Å². The summed E-state index contributed by atoms with van der Waals surface area (Å²) in [5.41, 5.74) is 3.84. The SMILES string of the molecule is Cc1cccc(COc2ccc(C)nc2CBr)n1. The zero-order valence-corrected chi connectivity index (χ0v) is 12.1. The van der Waals surface area contributed by atoms with Crippen LogP contribution in [-0.2, 0) is 11.9 Å². The van der Waals surface area contributed by atoms with Crippen LogP contribution in [0.1, 0.15) is 22.8 Å². The number of ether oxygens (including phenoxy) is 1. The van der Waals surface area contributed by atoms with E-state index in [0.717, 1.165) is 28.5 Å². The Morgan fingerprint density at radius 2 is 1.83 bits per heavy atom. The first-order valence-electron chi connectivity index (χ1n) is 5.77. The second-order valence-electron chi connectivity index (χ2n) is 4.09. The van der Waals surface area contributed by atoms with Crippen molar-refractivity contribution in [2.45, 2.75) is 25.8 Å². The van der Waals surface area contributed by atoms with E-state index in [0.29, 0.717) is 11.9 Å². The molecule has 0 radical (unpaired) electrons. The maximum Gasteiger partial charge on any atom is 0.142 e. The average Bonchev–Trinajstić information content (AvgIpc) is 2.37. The smallest absolute Gasteiger partial charge is 0.142 e. The topological polar surface area (TPSA) is 35.0 Å². The molecule has 0 aliphatic heterocycles. The molecule has 2 aromatic rings. The van der Waals surface area contributed by atoms with Crippen molar-refractivity contribution in [2.24, 2.45) is 0 Å². The van der Waals surface area contributed by atoms with Crippen molar-refractivity contribution >= 4 is 15.9 Å². The molecular formula is C14H15BrN2O. The first kappa shape index (κ1) is 13.0. The highest BCUT2D eigenvalue weighted by atomic mass is 79.9. The van der Waals surface area contributed by atoms with Crippen molar-refractivity contribution < 1.29 is 4.74 Å². The maximum absolute atomic E-state index is 5.77. The molecule has 0 bridgehead atoms. The first-order valence-corrected chi connectivity index (χ1v) is 6.89. The van der Waals surface area contributed by atoms with Gasteiger partial charge in [-0.2, -0.15) is 0 Å². The molecule has 0 aliphatic carbocycles. The number of alkyl halides is 1. The van der Waals surface area contributed by atoms with Crippen molar-refractivity contribution in [3.05, 3.63) is 53.1 Å².